The lowest BCUT2D eigenvalue weighted by atomic mass is 9.83. The second-order valence-electron chi connectivity index (χ2n) is 6.38. The van der Waals surface area contributed by atoms with Crippen molar-refractivity contribution in [3.05, 3.63) is 11.6 Å². The summed E-state index contributed by atoms with van der Waals surface area (Å²) in [6.45, 7) is 10.1. The molecule has 1 unspecified atom stereocenters. The van der Waals surface area contributed by atoms with Crippen molar-refractivity contribution in [2.75, 3.05) is 7.11 Å². The lowest BCUT2D eigenvalue weighted by molar-refractivity contribution is -0.142. The zero-order valence-electron chi connectivity index (χ0n) is 14.3. The van der Waals surface area contributed by atoms with E-state index in [1.54, 1.807) is 0 Å². The molecule has 0 aromatic heterocycles. The van der Waals surface area contributed by atoms with E-state index in [1.165, 1.54) is 32.4 Å². The van der Waals surface area contributed by atoms with Gasteiger partial charge >= 0.3 is 11.9 Å². The highest BCUT2D eigenvalue weighted by atomic mass is 16.6. The second-order valence-corrected chi connectivity index (χ2v) is 6.38. The maximum absolute atomic E-state index is 11.1. The highest BCUT2D eigenvalue weighted by Crippen LogP contribution is 2.37. The van der Waals surface area contributed by atoms with Gasteiger partial charge in [-0.25, -0.2) is 4.79 Å². The van der Waals surface area contributed by atoms with Crippen LogP contribution in [-0.2, 0) is 19.1 Å². The Hall–Kier alpha value is -1.32. The smallest absolute Gasteiger partial charge is 0.330 e. The average Bonchev–Trinajstić information content (AvgIpc) is 2.62. The van der Waals surface area contributed by atoms with E-state index < -0.39 is 0 Å². The van der Waals surface area contributed by atoms with Gasteiger partial charge in [-0.15, -0.1) is 0 Å². The third-order valence-electron chi connectivity index (χ3n) is 3.42. The number of methoxy groups -OCH3 is 1. The molecule has 4 nitrogen and oxygen atoms in total. The molecular weight excluding hydrogens is 268 g/mol. The number of rotatable bonds is 5. The summed E-state index contributed by atoms with van der Waals surface area (Å²) in [5, 5.41) is 0. The minimum atomic E-state index is -0.287. The summed E-state index contributed by atoms with van der Waals surface area (Å²) < 4.78 is 9.63. The van der Waals surface area contributed by atoms with Crippen molar-refractivity contribution in [3.8, 4) is 0 Å². The minimum absolute atomic E-state index is 0.0218. The molecule has 122 valence electrons. The Balaban J connectivity index is 0.000000433. The van der Waals surface area contributed by atoms with Gasteiger partial charge in [-0.1, -0.05) is 39.2 Å². The summed E-state index contributed by atoms with van der Waals surface area (Å²) in [7, 11) is 1.36. The maximum Gasteiger partial charge on any atom is 0.330 e. The van der Waals surface area contributed by atoms with Crippen molar-refractivity contribution in [2.45, 2.75) is 72.8 Å². The molecule has 1 aliphatic rings. The van der Waals surface area contributed by atoms with Crippen molar-refractivity contribution >= 4 is 11.9 Å². The van der Waals surface area contributed by atoms with Crippen LogP contribution in [0.3, 0.4) is 0 Å². The van der Waals surface area contributed by atoms with E-state index in [-0.39, 0.29) is 23.5 Å². The number of allylic oxidation sites excluding steroid dienone is 1. The van der Waals surface area contributed by atoms with Crippen LogP contribution in [0.25, 0.3) is 0 Å². The predicted octanol–water partition coefficient (Wildman–Crippen LogP) is 4.03. The second kappa shape index (κ2) is 9.59. The van der Waals surface area contributed by atoms with Gasteiger partial charge in [0.2, 0.25) is 0 Å². The van der Waals surface area contributed by atoms with Gasteiger partial charge in [0.05, 0.1) is 13.5 Å². The summed E-state index contributed by atoms with van der Waals surface area (Å²) in [6, 6.07) is 0. The molecule has 0 saturated carbocycles. The highest BCUT2D eigenvalue weighted by molar-refractivity contribution is 5.82. The van der Waals surface area contributed by atoms with Crippen molar-refractivity contribution in [1.29, 1.82) is 0 Å². The fraction of sp³-hybridized carbons (Fsp3) is 0.765. The van der Waals surface area contributed by atoms with Gasteiger partial charge in [0, 0.05) is 11.5 Å². The van der Waals surface area contributed by atoms with Gasteiger partial charge < -0.3 is 9.47 Å². The molecule has 1 rings (SSSR count). The number of carbonyl (C=O) groups is 2. The van der Waals surface area contributed by atoms with E-state index in [2.05, 4.69) is 25.5 Å². The van der Waals surface area contributed by atoms with Crippen molar-refractivity contribution in [3.63, 3.8) is 0 Å². The van der Waals surface area contributed by atoms with Crippen LogP contribution >= 0.6 is 0 Å². The van der Waals surface area contributed by atoms with Crippen molar-refractivity contribution < 1.29 is 19.1 Å². The van der Waals surface area contributed by atoms with Crippen LogP contribution in [0.5, 0.6) is 0 Å². The topological polar surface area (TPSA) is 52.6 Å². The molecule has 1 atom stereocenters. The molecule has 0 aromatic carbocycles. The van der Waals surface area contributed by atoms with E-state index in [9.17, 15) is 9.59 Å². The zero-order valence-corrected chi connectivity index (χ0v) is 14.3. The average molecular weight is 298 g/mol. The molecule has 0 N–H and O–H groups in total. The van der Waals surface area contributed by atoms with Gasteiger partial charge in [0.15, 0.2) is 0 Å². The van der Waals surface area contributed by atoms with Crippen LogP contribution in [0, 0.1) is 5.41 Å². The van der Waals surface area contributed by atoms with Crippen molar-refractivity contribution in [1.82, 2.24) is 0 Å². The molecule has 4 heteroatoms. The molecule has 0 spiro atoms. The van der Waals surface area contributed by atoms with Gasteiger partial charge in [0.25, 0.3) is 0 Å². The molecule has 21 heavy (non-hydrogen) atoms. The number of hydrogen-bond acceptors (Lipinski definition) is 4. The highest BCUT2D eigenvalue weighted by Gasteiger charge is 2.40. The zero-order chi connectivity index (χ0) is 16.5. The molecule has 0 aromatic rings. The number of cyclic esters (lactones) is 1. The number of carbonyl (C=O) groups excluding carboxylic acids is 2. The van der Waals surface area contributed by atoms with E-state index in [4.69, 9.17) is 4.74 Å². The standard InChI is InChI=1S/C11H20O2.C6H10O2/c1-4-5-6-7-9-11(2,3)8-10(12)13-9;1-5(2)4-6(7)8-3/h9H,4-8H2,1-3H3;4H,1-3H3. The van der Waals surface area contributed by atoms with E-state index in [1.807, 2.05) is 13.8 Å². The van der Waals surface area contributed by atoms with Crippen LogP contribution in [0.4, 0.5) is 0 Å². The Labute approximate surface area is 128 Å². The third-order valence-corrected chi connectivity index (χ3v) is 3.42. The summed E-state index contributed by atoms with van der Waals surface area (Å²) in [5.41, 5.74) is 1.02. The van der Waals surface area contributed by atoms with Crippen LogP contribution < -0.4 is 0 Å². The SMILES string of the molecule is CCCCCC1OC(=O)CC1(C)C.COC(=O)C=C(C)C. The third kappa shape index (κ3) is 8.53. The Morgan fingerprint density at radius 1 is 1.38 bits per heavy atom. The molecule has 0 radical (unpaired) electrons. The van der Waals surface area contributed by atoms with Crippen LogP contribution in [0.2, 0.25) is 0 Å². The van der Waals surface area contributed by atoms with Crippen LogP contribution in [0.15, 0.2) is 11.6 Å². The Morgan fingerprint density at radius 2 is 2.00 bits per heavy atom. The van der Waals surface area contributed by atoms with E-state index >= 15 is 0 Å². The van der Waals surface area contributed by atoms with Gasteiger partial charge in [-0.3, -0.25) is 4.79 Å². The predicted molar refractivity (Wildman–Crippen MR) is 83.9 cm³/mol. The lowest BCUT2D eigenvalue weighted by Gasteiger charge is -2.23. The first-order chi connectivity index (χ1) is 9.72. The summed E-state index contributed by atoms with van der Waals surface area (Å²) in [4.78, 5) is 21.4. The number of unbranched alkanes of at least 4 members (excludes halogenated alkanes) is 2. The fourth-order valence-electron chi connectivity index (χ4n) is 2.17. The normalized spacial score (nSPS) is 19.1. The Bertz CT molecular complexity index is 365. The molecule has 0 bridgehead atoms. The molecule has 0 aliphatic carbocycles. The molecule has 1 aliphatic heterocycles. The first kappa shape index (κ1) is 19.7. The quantitative estimate of drug-likeness (QED) is 0.437. The number of hydrogen-bond donors (Lipinski definition) is 0. The number of ether oxygens (including phenoxy) is 2. The van der Waals surface area contributed by atoms with Crippen LogP contribution in [-0.4, -0.2) is 25.2 Å². The molecule has 1 heterocycles. The van der Waals surface area contributed by atoms with E-state index in [0.29, 0.717) is 6.42 Å². The Kier molecular flexibility index (Phi) is 8.98. The first-order valence-electron chi connectivity index (χ1n) is 7.65. The van der Waals surface area contributed by atoms with Gasteiger partial charge in [-0.05, 0) is 26.7 Å². The fourth-order valence-corrected chi connectivity index (χ4v) is 2.17. The number of esters is 2. The summed E-state index contributed by atoms with van der Waals surface area (Å²) in [6.07, 6.45) is 6.87. The molecule has 1 saturated heterocycles. The maximum atomic E-state index is 11.1. The summed E-state index contributed by atoms with van der Waals surface area (Å²) in [5.74, 6) is -0.309. The summed E-state index contributed by atoms with van der Waals surface area (Å²) >= 11 is 0. The monoisotopic (exact) mass is 298 g/mol. The van der Waals surface area contributed by atoms with Gasteiger partial charge in [-0.2, -0.15) is 0 Å². The molecule has 1 fully saturated rings. The largest absolute Gasteiger partial charge is 0.466 e. The van der Waals surface area contributed by atoms with Crippen molar-refractivity contribution in [2.24, 2.45) is 5.41 Å². The Morgan fingerprint density at radius 3 is 2.33 bits per heavy atom. The minimum Gasteiger partial charge on any atom is -0.466 e. The van der Waals surface area contributed by atoms with Gasteiger partial charge in [0.1, 0.15) is 6.10 Å². The lowest BCUT2D eigenvalue weighted by Crippen LogP contribution is -2.24. The molecule has 0 amide bonds. The molecular formula is C17H30O4. The van der Waals surface area contributed by atoms with E-state index in [0.717, 1.165) is 12.0 Å². The first-order valence-corrected chi connectivity index (χ1v) is 7.65. The van der Waals surface area contributed by atoms with Crippen LogP contribution in [0.1, 0.15) is 66.7 Å².